The number of pyridine rings is 1. The second kappa shape index (κ2) is 6.85. The van der Waals surface area contributed by atoms with Gasteiger partial charge in [0.25, 0.3) is 0 Å². The summed E-state index contributed by atoms with van der Waals surface area (Å²) in [6.45, 7) is 5.58. The van der Waals surface area contributed by atoms with Crippen LogP contribution in [0.3, 0.4) is 0 Å². The van der Waals surface area contributed by atoms with Crippen LogP contribution in [0.25, 0.3) is 0 Å². The van der Waals surface area contributed by atoms with Crippen LogP contribution in [0.4, 0.5) is 15.3 Å². The summed E-state index contributed by atoms with van der Waals surface area (Å²) in [5.41, 5.74) is 2.24. The Kier molecular flexibility index (Phi) is 4.64. The molecule has 7 heteroatoms. The van der Waals surface area contributed by atoms with E-state index in [0.29, 0.717) is 25.6 Å². The summed E-state index contributed by atoms with van der Waals surface area (Å²) in [5.74, 6) is 0.462. The Morgan fingerprint density at radius 1 is 1.39 bits per heavy atom. The molecule has 0 aromatic carbocycles. The third-order valence-corrected chi connectivity index (χ3v) is 4.50. The summed E-state index contributed by atoms with van der Waals surface area (Å²) in [5, 5.41) is 5.52. The fourth-order valence-corrected chi connectivity index (χ4v) is 3.12. The Morgan fingerprint density at radius 2 is 2.17 bits per heavy atom. The van der Waals surface area contributed by atoms with Gasteiger partial charge in [0.15, 0.2) is 0 Å². The lowest BCUT2D eigenvalue weighted by atomic mass is 9.96. The molecule has 3 rings (SSSR count). The average Bonchev–Trinajstić information content (AvgIpc) is 2.99. The molecule has 0 bridgehead atoms. The highest BCUT2D eigenvalue weighted by Crippen LogP contribution is 2.23. The lowest BCUT2D eigenvalue weighted by molar-refractivity contribution is 0.197. The first-order chi connectivity index (χ1) is 11.1. The van der Waals surface area contributed by atoms with Crippen molar-refractivity contribution < 1.29 is 9.59 Å². The van der Waals surface area contributed by atoms with E-state index in [9.17, 15) is 9.59 Å². The summed E-state index contributed by atoms with van der Waals surface area (Å²) in [7, 11) is 0. The van der Waals surface area contributed by atoms with E-state index in [1.165, 1.54) is 10.6 Å². The van der Waals surface area contributed by atoms with Crippen molar-refractivity contribution in [3.63, 3.8) is 0 Å². The van der Waals surface area contributed by atoms with E-state index in [-0.39, 0.29) is 12.1 Å². The summed E-state index contributed by atoms with van der Waals surface area (Å²) in [6.07, 6.45) is 3.92. The number of rotatable bonds is 3. The van der Waals surface area contributed by atoms with Crippen molar-refractivity contribution in [2.45, 2.75) is 19.8 Å². The Balaban J connectivity index is 1.44. The molecule has 3 heterocycles. The quantitative estimate of drug-likeness (QED) is 0.882. The summed E-state index contributed by atoms with van der Waals surface area (Å²) in [6, 6.07) is 3.56. The Bertz CT molecular complexity index is 584. The van der Waals surface area contributed by atoms with E-state index in [1.807, 2.05) is 19.2 Å². The predicted octanol–water partition coefficient (Wildman–Crippen LogP) is 1.34. The molecule has 2 saturated heterocycles. The number of aryl methyl sites for hydroxylation is 1. The van der Waals surface area contributed by atoms with Crippen LogP contribution in [0.1, 0.15) is 18.5 Å². The first-order valence-corrected chi connectivity index (χ1v) is 8.14. The van der Waals surface area contributed by atoms with Gasteiger partial charge in [0.2, 0.25) is 0 Å². The van der Waals surface area contributed by atoms with Crippen molar-refractivity contribution in [2.24, 2.45) is 5.92 Å². The minimum absolute atomic E-state index is 0.285. The van der Waals surface area contributed by atoms with Crippen LogP contribution in [-0.2, 0) is 0 Å². The standard InChI is InChI=1S/C16H23N5O2/c1-12-10-14(2-5-17-12)20-7-3-13(4-8-20)11-19-16(23)21-9-6-18-15(21)22/h2,5,10,13H,3-4,6-9,11H2,1H3,(H,18,22)(H,19,23). The number of hydrogen-bond donors (Lipinski definition) is 2. The number of hydrogen-bond acceptors (Lipinski definition) is 4. The number of aromatic nitrogens is 1. The molecule has 2 fully saturated rings. The molecule has 4 amide bonds. The molecule has 23 heavy (non-hydrogen) atoms. The third kappa shape index (κ3) is 3.72. The Hall–Kier alpha value is -2.31. The zero-order valence-corrected chi connectivity index (χ0v) is 13.4. The molecule has 1 aromatic heterocycles. The van der Waals surface area contributed by atoms with Crippen molar-refractivity contribution in [1.82, 2.24) is 20.5 Å². The predicted molar refractivity (Wildman–Crippen MR) is 87.4 cm³/mol. The highest BCUT2D eigenvalue weighted by molar-refractivity contribution is 5.94. The zero-order valence-electron chi connectivity index (χ0n) is 13.4. The number of nitrogens with zero attached hydrogens (tertiary/aromatic N) is 3. The number of imide groups is 1. The van der Waals surface area contributed by atoms with Gasteiger partial charge in [-0.2, -0.15) is 0 Å². The van der Waals surface area contributed by atoms with Gasteiger partial charge < -0.3 is 15.5 Å². The van der Waals surface area contributed by atoms with Gasteiger partial charge in [-0.1, -0.05) is 0 Å². The van der Waals surface area contributed by atoms with Crippen LogP contribution >= 0.6 is 0 Å². The van der Waals surface area contributed by atoms with Crippen LogP contribution in [0.2, 0.25) is 0 Å². The molecule has 0 radical (unpaired) electrons. The van der Waals surface area contributed by atoms with Gasteiger partial charge >= 0.3 is 12.1 Å². The van der Waals surface area contributed by atoms with Gasteiger partial charge in [-0.15, -0.1) is 0 Å². The lowest BCUT2D eigenvalue weighted by Gasteiger charge is -2.33. The lowest BCUT2D eigenvalue weighted by Crippen LogP contribution is -2.45. The fraction of sp³-hybridized carbons (Fsp3) is 0.562. The molecule has 0 aliphatic carbocycles. The Morgan fingerprint density at radius 3 is 2.83 bits per heavy atom. The molecule has 0 saturated carbocycles. The van der Waals surface area contributed by atoms with Crippen molar-refractivity contribution in [3.05, 3.63) is 24.0 Å². The summed E-state index contributed by atoms with van der Waals surface area (Å²) >= 11 is 0. The molecule has 2 aliphatic rings. The molecule has 2 N–H and O–H groups in total. The van der Waals surface area contributed by atoms with E-state index in [4.69, 9.17) is 0 Å². The van der Waals surface area contributed by atoms with Gasteiger partial charge in [0.05, 0.1) is 0 Å². The number of carbonyl (C=O) groups excluding carboxylic acids is 2. The molecular formula is C16H23N5O2. The average molecular weight is 317 g/mol. The molecule has 0 atom stereocenters. The number of urea groups is 2. The maximum Gasteiger partial charge on any atom is 0.325 e. The zero-order chi connectivity index (χ0) is 16.2. The van der Waals surface area contributed by atoms with Crippen LogP contribution in [0.5, 0.6) is 0 Å². The first-order valence-electron chi connectivity index (χ1n) is 8.14. The Labute approximate surface area is 136 Å². The number of nitrogens with one attached hydrogen (secondary N) is 2. The summed E-state index contributed by atoms with van der Waals surface area (Å²) < 4.78 is 0. The third-order valence-electron chi connectivity index (χ3n) is 4.50. The van der Waals surface area contributed by atoms with E-state index in [1.54, 1.807) is 0 Å². The van der Waals surface area contributed by atoms with E-state index in [2.05, 4.69) is 26.6 Å². The van der Waals surface area contributed by atoms with Crippen molar-refractivity contribution in [3.8, 4) is 0 Å². The van der Waals surface area contributed by atoms with Gasteiger partial charge in [0.1, 0.15) is 0 Å². The van der Waals surface area contributed by atoms with Crippen LogP contribution in [0.15, 0.2) is 18.3 Å². The molecular weight excluding hydrogens is 294 g/mol. The monoisotopic (exact) mass is 317 g/mol. The van der Waals surface area contributed by atoms with Crippen LogP contribution < -0.4 is 15.5 Å². The number of amides is 4. The number of anilines is 1. The van der Waals surface area contributed by atoms with E-state index >= 15 is 0 Å². The highest BCUT2D eigenvalue weighted by atomic mass is 16.2. The van der Waals surface area contributed by atoms with Crippen molar-refractivity contribution in [2.75, 3.05) is 37.6 Å². The topological polar surface area (TPSA) is 77.6 Å². The van der Waals surface area contributed by atoms with Gasteiger partial charge in [-0.25, -0.2) is 14.5 Å². The van der Waals surface area contributed by atoms with Crippen molar-refractivity contribution in [1.29, 1.82) is 0 Å². The number of piperidine rings is 1. The maximum atomic E-state index is 12.0. The summed E-state index contributed by atoms with van der Waals surface area (Å²) in [4.78, 5) is 31.2. The SMILES string of the molecule is Cc1cc(N2CCC(CNC(=O)N3CCNC3=O)CC2)ccn1. The first kappa shape index (κ1) is 15.6. The van der Waals surface area contributed by atoms with Crippen molar-refractivity contribution >= 4 is 17.7 Å². The maximum absolute atomic E-state index is 12.0. The minimum atomic E-state index is -0.301. The molecule has 1 aromatic rings. The van der Waals surface area contributed by atoms with Gasteiger partial charge in [-0.3, -0.25) is 4.98 Å². The van der Waals surface area contributed by atoms with E-state index in [0.717, 1.165) is 31.6 Å². The van der Waals surface area contributed by atoms with Crippen LogP contribution in [0, 0.1) is 12.8 Å². The van der Waals surface area contributed by atoms with Gasteiger partial charge in [0, 0.05) is 50.3 Å². The molecule has 2 aliphatic heterocycles. The van der Waals surface area contributed by atoms with E-state index < -0.39 is 0 Å². The normalized spacial score (nSPS) is 18.9. The second-order valence-electron chi connectivity index (χ2n) is 6.16. The highest BCUT2D eigenvalue weighted by Gasteiger charge is 2.27. The van der Waals surface area contributed by atoms with Crippen LogP contribution in [-0.4, -0.2) is 54.7 Å². The minimum Gasteiger partial charge on any atom is -0.371 e. The molecule has 7 nitrogen and oxygen atoms in total. The molecule has 124 valence electrons. The smallest absolute Gasteiger partial charge is 0.325 e. The number of carbonyl (C=O) groups is 2. The fourth-order valence-electron chi connectivity index (χ4n) is 3.12. The van der Waals surface area contributed by atoms with Gasteiger partial charge in [-0.05, 0) is 37.8 Å². The largest absolute Gasteiger partial charge is 0.371 e. The molecule has 0 spiro atoms. The molecule has 0 unspecified atom stereocenters. The second-order valence-corrected chi connectivity index (χ2v) is 6.16.